The Hall–Kier alpha value is -1.90. The van der Waals surface area contributed by atoms with Gasteiger partial charge in [-0.2, -0.15) is 0 Å². The summed E-state index contributed by atoms with van der Waals surface area (Å²) in [6.07, 6.45) is 3.57. The van der Waals surface area contributed by atoms with Gasteiger partial charge in [-0.05, 0) is 25.1 Å². The minimum atomic E-state index is 0.551. The van der Waals surface area contributed by atoms with Crippen LogP contribution in [0.2, 0.25) is 0 Å². The molecule has 0 spiro atoms. The van der Waals surface area contributed by atoms with Crippen LogP contribution in [-0.2, 0) is 0 Å². The molecule has 0 fully saturated rings. The molecule has 2 rings (SSSR count). The lowest BCUT2D eigenvalue weighted by Crippen LogP contribution is -1.94. The summed E-state index contributed by atoms with van der Waals surface area (Å²) in [4.78, 5) is 8.27. The molecular weight excluding hydrogens is 174 g/mol. The summed E-state index contributed by atoms with van der Waals surface area (Å²) in [6, 6.07) is 7.68. The fraction of sp³-hybridized carbons (Fsp3) is 0.0909. The Bertz CT molecular complexity index is 438. The lowest BCUT2D eigenvalue weighted by atomic mass is 10.1. The Morgan fingerprint density at radius 3 is 2.71 bits per heavy atom. The van der Waals surface area contributed by atoms with Crippen LogP contribution in [0.1, 0.15) is 5.69 Å². The standard InChI is InChI=1S/C11H11N3/c1-8-10(4-5-11(12)14-8)9-3-2-6-13-7-9/h2-7H,1H3,(H2,12,14). The van der Waals surface area contributed by atoms with Gasteiger partial charge in [-0.15, -0.1) is 0 Å². The number of hydrogen-bond donors (Lipinski definition) is 1. The number of aryl methyl sites for hydroxylation is 1. The average molecular weight is 185 g/mol. The molecule has 2 heterocycles. The minimum Gasteiger partial charge on any atom is -0.384 e. The highest BCUT2D eigenvalue weighted by Gasteiger charge is 2.02. The third kappa shape index (κ3) is 1.57. The number of rotatable bonds is 1. The summed E-state index contributed by atoms with van der Waals surface area (Å²) in [5.74, 6) is 0.551. The molecule has 0 saturated heterocycles. The molecule has 70 valence electrons. The number of pyridine rings is 2. The highest BCUT2D eigenvalue weighted by Crippen LogP contribution is 2.21. The fourth-order valence-electron chi connectivity index (χ4n) is 1.41. The number of anilines is 1. The van der Waals surface area contributed by atoms with Gasteiger partial charge < -0.3 is 5.73 Å². The van der Waals surface area contributed by atoms with E-state index in [4.69, 9.17) is 5.73 Å². The quantitative estimate of drug-likeness (QED) is 0.739. The van der Waals surface area contributed by atoms with Crippen LogP contribution in [-0.4, -0.2) is 9.97 Å². The first-order chi connectivity index (χ1) is 6.77. The molecule has 3 heteroatoms. The van der Waals surface area contributed by atoms with Crippen molar-refractivity contribution in [2.75, 3.05) is 5.73 Å². The molecule has 0 aliphatic carbocycles. The van der Waals surface area contributed by atoms with Crippen LogP contribution in [0, 0.1) is 6.92 Å². The molecule has 0 amide bonds. The Labute approximate surface area is 82.6 Å². The maximum Gasteiger partial charge on any atom is 0.123 e. The Balaban J connectivity index is 2.53. The average Bonchev–Trinajstić information content (AvgIpc) is 2.19. The van der Waals surface area contributed by atoms with Gasteiger partial charge in [-0.3, -0.25) is 4.98 Å². The van der Waals surface area contributed by atoms with Gasteiger partial charge in [0.25, 0.3) is 0 Å². The van der Waals surface area contributed by atoms with E-state index in [1.165, 1.54) is 0 Å². The number of nitrogens with zero attached hydrogens (tertiary/aromatic N) is 2. The van der Waals surface area contributed by atoms with Gasteiger partial charge in [0, 0.05) is 29.2 Å². The molecule has 3 nitrogen and oxygen atoms in total. The SMILES string of the molecule is Cc1nc(N)ccc1-c1cccnc1. The van der Waals surface area contributed by atoms with Gasteiger partial charge in [0.2, 0.25) is 0 Å². The van der Waals surface area contributed by atoms with Gasteiger partial charge in [0.15, 0.2) is 0 Å². The van der Waals surface area contributed by atoms with E-state index in [1.807, 2.05) is 31.3 Å². The van der Waals surface area contributed by atoms with Crippen molar-refractivity contribution in [3.05, 3.63) is 42.4 Å². The summed E-state index contributed by atoms with van der Waals surface area (Å²) < 4.78 is 0. The molecule has 14 heavy (non-hydrogen) atoms. The van der Waals surface area contributed by atoms with Gasteiger partial charge in [0.05, 0.1) is 0 Å². The lowest BCUT2D eigenvalue weighted by molar-refractivity contribution is 1.21. The third-order valence-corrected chi connectivity index (χ3v) is 2.08. The first-order valence-electron chi connectivity index (χ1n) is 4.41. The molecule has 2 aromatic heterocycles. The number of hydrogen-bond acceptors (Lipinski definition) is 3. The molecule has 0 bridgehead atoms. The van der Waals surface area contributed by atoms with Gasteiger partial charge in [-0.1, -0.05) is 6.07 Å². The van der Waals surface area contributed by atoms with Crippen LogP contribution in [0.15, 0.2) is 36.7 Å². The molecule has 0 aliphatic rings. The smallest absolute Gasteiger partial charge is 0.123 e. The molecule has 0 saturated carbocycles. The Kier molecular flexibility index (Phi) is 2.14. The number of aromatic nitrogens is 2. The lowest BCUT2D eigenvalue weighted by Gasteiger charge is -2.04. The van der Waals surface area contributed by atoms with E-state index in [-0.39, 0.29) is 0 Å². The van der Waals surface area contributed by atoms with Crippen LogP contribution in [0.3, 0.4) is 0 Å². The highest BCUT2D eigenvalue weighted by molar-refractivity contribution is 5.65. The molecule has 0 aliphatic heterocycles. The second-order valence-corrected chi connectivity index (χ2v) is 3.11. The molecule has 0 radical (unpaired) electrons. The van der Waals surface area contributed by atoms with Gasteiger partial charge in [-0.25, -0.2) is 4.98 Å². The highest BCUT2D eigenvalue weighted by atomic mass is 14.8. The van der Waals surface area contributed by atoms with E-state index in [1.54, 1.807) is 12.3 Å². The number of nitrogens with two attached hydrogens (primary N) is 1. The van der Waals surface area contributed by atoms with E-state index in [9.17, 15) is 0 Å². The van der Waals surface area contributed by atoms with Crippen molar-refractivity contribution in [3.63, 3.8) is 0 Å². The maximum absolute atomic E-state index is 5.58. The zero-order valence-electron chi connectivity index (χ0n) is 7.94. The van der Waals surface area contributed by atoms with Gasteiger partial charge >= 0.3 is 0 Å². The normalized spacial score (nSPS) is 10.1. The van der Waals surface area contributed by atoms with Gasteiger partial charge in [0.1, 0.15) is 5.82 Å². The summed E-state index contributed by atoms with van der Waals surface area (Å²) in [5, 5.41) is 0. The maximum atomic E-state index is 5.58. The predicted molar refractivity (Wildman–Crippen MR) is 56.6 cm³/mol. The summed E-state index contributed by atoms with van der Waals surface area (Å²) in [7, 11) is 0. The summed E-state index contributed by atoms with van der Waals surface area (Å²) in [6.45, 7) is 1.94. The molecule has 0 aromatic carbocycles. The minimum absolute atomic E-state index is 0.551. The van der Waals surface area contributed by atoms with Crippen molar-refractivity contribution in [2.24, 2.45) is 0 Å². The summed E-state index contributed by atoms with van der Waals surface area (Å²) in [5.41, 5.74) is 8.65. The predicted octanol–water partition coefficient (Wildman–Crippen LogP) is 2.03. The Morgan fingerprint density at radius 1 is 1.21 bits per heavy atom. The molecular formula is C11H11N3. The van der Waals surface area contributed by atoms with Crippen molar-refractivity contribution in [1.29, 1.82) is 0 Å². The van der Waals surface area contributed by atoms with E-state index in [2.05, 4.69) is 9.97 Å². The topological polar surface area (TPSA) is 51.8 Å². The van der Waals surface area contributed by atoms with E-state index >= 15 is 0 Å². The molecule has 2 N–H and O–H groups in total. The van der Waals surface area contributed by atoms with Crippen LogP contribution in [0.4, 0.5) is 5.82 Å². The third-order valence-electron chi connectivity index (χ3n) is 2.08. The van der Waals surface area contributed by atoms with Crippen molar-refractivity contribution >= 4 is 5.82 Å². The zero-order chi connectivity index (χ0) is 9.97. The van der Waals surface area contributed by atoms with E-state index in [0.29, 0.717) is 5.82 Å². The molecule has 0 atom stereocenters. The fourth-order valence-corrected chi connectivity index (χ4v) is 1.41. The second-order valence-electron chi connectivity index (χ2n) is 3.11. The van der Waals surface area contributed by atoms with Crippen molar-refractivity contribution < 1.29 is 0 Å². The number of nitrogen functional groups attached to an aromatic ring is 1. The molecule has 2 aromatic rings. The van der Waals surface area contributed by atoms with E-state index in [0.717, 1.165) is 16.8 Å². The second kappa shape index (κ2) is 3.46. The van der Waals surface area contributed by atoms with Crippen LogP contribution < -0.4 is 5.73 Å². The van der Waals surface area contributed by atoms with Crippen LogP contribution in [0.5, 0.6) is 0 Å². The van der Waals surface area contributed by atoms with E-state index < -0.39 is 0 Å². The summed E-state index contributed by atoms with van der Waals surface area (Å²) >= 11 is 0. The van der Waals surface area contributed by atoms with Crippen LogP contribution in [0.25, 0.3) is 11.1 Å². The van der Waals surface area contributed by atoms with Crippen molar-refractivity contribution in [3.8, 4) is 11.1 Å². The zero-order valence-corrected chi connectivity index (χ0v) is 7.94. The largest absolute Gasteiger partial charge is 0.384 e. The van der Waals surface area contributed by atoms with Crippen LogP contribution >= 0.6 is 0 Å². The molecule has 0 unspecified atom stereocenters. The Morgan fingerprint density at radius 2 is 2.07 bits per heavy atom. The monoisotopic (exact) mass is 185 g/mol. The van der Waals surface area contributed by atoms with Crippen molar-refractivity contribution in [2.45, 2.75) is 6.92 Å². The first-order valence-corrected chi connectivity index (χ1v) is 4.41. The van der Waals surface area contributed by atoms with Crippen molar-refractivity contribution in [1.82, 2.24) is 9.97 Å². The first kappa shape index (κ1) is 8.69.